The van der Waals surface area contributed by atoms with Gasteiger partial charge in [0.2, 0.25) is 5.91 Å². The highest BCUT2D eigenvalue weighted by Crippen LogP contribution is 2.41. The number of carbonyl (C=O) groups excluding carboxylic acids is 2. The van der Waals surface area contributed by atoms with Gasteiger partial charge in [0.1, 0.15) is 5.00 Å². The molecule has 0 aliphatic heterocycles. The zero-order valence-corrected chi connectivity index (χ0v) is 25.2. The maximum absolute atomic E-state index is 13.5. The number of carbonyl (C=O) groups is 2. The zero-order valence-electron chi connectivity index (χ0n) is 22.0. The quantitative estimate of drug-likeness (QED) is 0.185. The predicted molar refractivity (Wildman–Crippen MR) is 161 cm³/mol. The molecule has 0 fully saturated rings. The van der Waals surface area contributed by atoms with Gasteiger partial charge in [-0.05, 0) is 62.4 Å². The van der Waals surface area contributed by atoms with Gasteiger partial charge in [0.15, 0.2) is 11.6 Å². The fourth-order valence-corrected chi connectivity index (χ4v) is 7.57. The van der Waals surface area contributed by atoms with E-state index in [1.54, 1.807) is 31.2 Å². The summed E-state index contributed by atoms with van der Waals surface area (Å²) in [6, 6.07) is 9.35. The van der Waals surface area contributed by atoms with Crippen molar-refractivity contribution in [3.8, 4) is 0 Å². The Hall–Kier alpha value is -3.45. The van der Waals surface area contributed by atoms with Crippen LogP contribution >= 0.6 is 34.5 Å². The second kappa shape index (κ2) is 11.8. The number of sulfonamides is 1. The summed E-state index contributed by atoms with van der Waals surface area (Å²) in [7, 11) is -4.29. The first kappa shape index (κ1) is 29.1. The molecule has 5 rings (SSSR count). The van der Waals surface area contributed by atoms with Gasteiger partial charge in [0.25, 0.3) is 10.0 Å². The first-order valence-electron chi connectivity index (χ1n) is 12.7. The Bertz CT molecular complexity index is 1770. The summed E-state index contributed by atoms with van der Waals surface area (Å²) in [5.74, 6) is -0.859. The number of benzene rings is 2. The molecule has 0 atom stereocenters. The molecule has 1 amide bonds. The topological polar surface area (TPSA) is 139 Å². The second-order valence-corrected chi connectivity index (χ2v) is 12.8. The van der Waals surface area contributed by atoms with E-state index in [-0.39, 0.29) is 38.9 Å². The van der Waals surface area contributed by atoms with E-state index >= 15 is 0 Å². The van der Waals surface area contributed by atoms with Gasteiger partial charge in [-0.15, -0.1) is 11.3 Å². The number of aryl methyl sites for hydroxylation is 1. The summed E-state index contributed by atoms with van der Waals surface area (Å²) >= 11 is 13.9. The Morgan fingerprint density at radius 3 is 2.29 bits per heavy atom. The fourth-order valence-electron chi connectivity index (χ4n) is 4.53. The molecule has 0 bridgehead atoms. The smallest absolute Gasteiger partial charge is 0.341 e. The van der Waals surface area contributed by atoms with Gasteiger partial charge < -0.3 is 15.4 Å². The van der Waals surface area contributed by atoms with Gasteiger partial charge in [-0.25, -0.2) is 23.2 Å². The molecule has 3 N–H and O–H groups in total. The predicted octanol–water partition coefficient (Wildman–Crippen LogP) is 6.56. The largest absolute Gasteiger partial charge is 0.462 e. The Morgan fingerprint density at radius 2 is 1.66 bits per heavy atom. The number of hydrogen-bond acceptors (Lipinski definition) is 9. The van der Waals surface area contributed by atoms with Crippen molar-refractivity contribution in [2.45, 2.75) is 44.4 Å². The van der Waals surface area contributed by atoms with E-state index in [1.807, 2.05) is 0 Å². The molecule has 2 aromatic carbocycles. The van der Waals surface area contributed by atoms with Crippen LogP contribution in [-0.2, 0) is 32.4 Å². The first-order chi connectivity index (χ1) is 19.6. The Kier molecular flexibility index (Phi) is 8.37. The number of para-hydroxylation sites is 2. The lowest BCUT2D eigenvalue weighted by Crippen LogP contribution is -2.17. The van der Waals surface area contributed by atoms with Crippen LogP contribution in [0.2, 0.25) is 10.0 Å². The van der Waals surface area contributed by atoms with Gasteiger partial charge in [0, 0.05) is 11.8 Å². The number of halogens is 2. The second-order valence-electron chi connectivity index (χ2n) is 9.22. The molecule has 0 unspecified atom stereocenters. The van der Waals surface area contributed by atoms with Crippen molar-refractivity contribution in [2.24, 2.45) is 0 Å². The molecule has 2 heterocycles. The first-order valence-corrected chi connectivity index (χ1v) is 15.8. The zero-order chi connectivity index (χ0) is 29.3. The number of hydrogen-bond donors (Lipinski definition) is 3. The Balaban J connectivity index is 1.58. The summed E-state index contributed by atoms with van der Waals surface area (Å²) in [6.45, 7) is 3.24. The van der Waals surface area contributed by atoms with Crippen molar-refractivity contribution in [2.75, 3.05) is 22.0 Å². The number of nitrogens with zero attached hydrogens (tertiary/aromatic N) is 2. The van der Waals surface area contributed by atoms with Crippen LogP contribution in [0.15, 0.2) is 41.3 Å². The minimum atomic E-state index is -4.29. The minimum Gasteiger partial charge on any atom is -0.462 e. The molecule has 14 heteroatoms. The summed E-state index contributed by atoms with van der Waals surface area (Å²) in [5.41, 5.74) is 2.44. The molecule has 0 saturated heterocycles. The van der Waals surface area contributed by atoms with Crippen LogP contribution in [0.5, 0.6) is 0 Å². The summed E-state index contributed by atoms with van der Waals surface area (Å²) < 4.78 is 34.9. The number of fused-ring (bicyclic) bond motifs is 2. The third-order valence-corrected chi connectivity index (χ3v) is 9.43. The maximum atomic E-state index is 13.5. The molecule has 41 heavy (non-hydrogen) atoms. The van der Waals surface area contributed by atoms with Gasteiger partial charge in [0.05, 0.1) is 43.8 Å². The minimum absolute atomic E-state index is 0.0562. The van der Waals surface area contributed by atoms with Crippen molar-refractivity contribution in [1.29, 1.82) is 0 Å². The van der Waals surface area contributed by atoms with E-state index in [1.165, 1.54) is 30.4 Å². The van der Waals surface area contributed by atoms with E-state index in [2.05, 4.69) is 25.3 Å². The molecule has 4 aromatic rings. The SMILES string of the molecule is CCOC(=O)c1c(Nc2nc3ccccc3nc2NS(=O)(=O)c2cc(Cl)c(NC(C)=O)c(Cl)c2)sc2c1CCCC2. The van der Waals surface area contributed by atoms with E-state index in [9.17, 15) is 18.0 Å². The highest BCUT2D eigenvalue weighted by molar-refractivity contribution is 7.92. The van der Waals surface area contributed by atoms with E-state index in [0.717, 1.165) is 36.1 Å². The van der Waals surface area contributed by atoms with Crippen LogP contribution in [0.1, 0.15) is 47.5 Å². The average Bonchev–Trinajstić information content (AvgIpc) is 3.28. The lowest BCUT2D eigenvalue weighted by molar-refractivity contribution is -0.114. The van der Waals surface area contributed by atoms with Crippen molar-refractivity contribution in [3.05, 3.63) is 62.4 Å². The molecule has 1 aliphatic carbocycles. The highest BCUT2D eigenvalue weighted by atomic mass is 35.5. The van der Waals surface area contributed by atoms with Gasteiger partial charge >= 0.3 is 5.97 Å². The van der Waals surface area contributed by atoms with E-state index in [4.69, 9.17) is 27.9 Å². The highest BCUT2D eigenvalue weighted by Gasteiger charge is 2.28. The number of ether oxygens (including phenoxy) is 1. The third kappa shape index (κ3) is 6.10. The molecule has 0 radical (unpaired) electrons. The van der Waals surface area contributed by atoms with Crippen LogP contribution in [0.3, 0.4) is 0 Å². The molecule has 2 aromatic heterocycles. The lowest BCUT2D eigenvalue weighted by atomic mass is 9.95. The van der Waals surface area contributed by atoms with Crippen molar-refractivity contribution in [3.63, 3.8) is 0 Å². The molecular weight excluding hydrogens is 609 g/mol. The Morgan fingerprint density at radius 1 is 1.02 bits per heavy atom. The third-order valence-electron chi connectivity index (χ3n) is 6.31. The van der Waals surface area contributed by atoms with Crippen LogP contribution < -0.4 is 15.4 Å². The fraction of sp³-hybridized carbons (Fsp3) is 0.259. The number of nitrogens with one attached hydrogen (secondary N) is 3. The standard InChI is InChI=1S/C27H25Cl2N5O5S2/c1-3-39-27(36)22-16-8-4-7-11-21(16)40-26(22)33-24-25(32-20-10-6-5-9-19(20)31-24)34-41(37,38)15-12-17(28)23(18(29)13-15)30-14(2)35/h5-6,9-10,12-13H,3-4,7-8,11H2,1-2H3,(H,30,35)(H,31,33)(H,32,34). The molecule has 0 saturated carbocycles. The average molecular weight is 635 g/mol. The van der Waals surface area contributed by atoms with Gasteiger partial charge in [-0.2, -0.15) is 0 Å². The van der Waals surface area contributed by atoms with E-state index < -0.39 is 21.9 Å². The van der Waals surface area contributed by atoms with Gasteiger partial charge in [-0.3, -0.25) is 9.52 Å². The summed E-state index contributed by atoms with van der Waals surface area (Å²) in [6.07, 6.45) is 3.57. The molecule has 10 nitrogen and oxygen atoms in total. The monoisotopic (exact) mass is 633 g/mol. The van der Waals surface area contributed by atoms with Crippen LogP contribution in [0.4, 0.5) is 22.3 Å². The van der Waals surface area contributed by atoms with Crippen LogP contribution in [0, 0.1) is 0 Å². The van der Waals surface area contributed by atoms with E-state index in [0.29, 0.717) is 21.6 Å². The van der Waals surface area contributed by atoms with Crippen LogP contribution in [-0.4, -0.2) is 36.9 Å². The number of rotatable bonds is 8. The number of esters is 1. The number of amides is 1. The molecular formula is C27H25Cl2N5O5S2. The lowest BCUT2D eigenvalue weighted by Gasteiger charge is -2.15. The molecule has 214 valence electrons. The van der Waals surface area contributed by atoms with Crippen LogP contribution in [0.25, 0.3) is 11.0 Å². The number of anilines is 4. The van der Waals surface area contributed by atoms with Gasteiger partial charge in [-0.1, -0.05) is 35.3 Å². The summed E-state index contributed by atoms with van der Waals surface area (Å²) in [4.78, 5) is 34.5. The molecule has 1 aliphatic rings. The normalized spacial score (nSPS) is 13.0. The maximum Gasteiger partial charge on any atom is 0.341 e. The number of aromatic nitrogens is 2. The summed E-state index contributed by atoms with van der Waals surface area (Å²) in [5, 5.41) is 6.05. The van der Waals surface area contributed by atoms with Crippen molar-refractivity contribution < 1.29 is 22.7 Å². The molecule has 0 spiro atoms. The Labute approximate surface area is 250 Å². The number of thiophene rings is 1. The van der Waals surface area contributed by atoms with Crippen molar-refractivity contribution in [1.82, 2.24) is 9.97 Å². The van der Waals surface area contributed by atoms with Crippen molar-refractivity contribution >= 4 is 89.8 Å².